The summed E-state index contributed by atoms with van der Waals surface area (Å²) >= 11 is 0. The summed E-state index contributed by atoms with van der Waals surface area (Å²) in [4.78, 5) is 17.3. The van der Waals surface area contributed by atoms with Gasteiger partial charge in [0.25, 0.3) is 5.91 Å². The lowest BCUT2D eigenvalue weighted by Gasteiger charge is -2.13. The molecule has 5 nitrogen and oxygen atoms in total. The Morgan fingerprint density at radius 2 is 2.62 bits per heavy atom. The summed E-state index contributed by atoms with van der Waals surface area (Å²) in [7, 11) is 0. The molecular weight excluding hydrogens is 168 g/mol. The number of H-pyrrole nitrogens is 1. The molecule has 2 heterocycles. The molecule has 0 saturated carbocycles. The first-order valence-electron chi connectivity index (χ1n) is 4.42. The Morgan fingerprint density at radius 3 is 3.15 bits per heavy atom. The third-order valence-corrected chi connectivity index (χ3v) is 2.33. The van der Waals surface area contributed by atoms with Crippen molar-refractivity contribution >= 4 is 5.91 Å². The maximum Gasteiger partial charge on any atom is 0.291 e. The number of carbonyl (C=O) groups is 1. The maximum atomic E-state index is 11.6. The highest BCUT2D eigenvalue weighted by Gasteiger charge is 2.25. The predicted molar refractivity (Wildman–Crippen MR) is 46.1 cm³/mol. The number of likely N-dealkylation sites (tertiary alicyclic amines) is 1. The van der Waals surface area contributed by atoms with Gasteiger partial charge >= 0.3 is 0 Å². The topological polar surface area (TPSA) is 61.9 Å². The van der Waals surface area contributed by atoms with Crippen molar-refractivity contribution < 1.29 is 4.79 Å². The number of aromatic amines is 1. The predicted octanol–water partition coefficient (Wildman–Crippen LogP) is 0.287. The van der Waals surface area contributed by atoms with Crippen molar-refractivity contribution in [3.05, 3.63) is 12.2 Å². The Kier molecular flexibility index (Phi) is 2.00. The number of hydrogen-bond acceptors (Lipinski definition) is 3. The molecule has 0 radical (unpaired) electrons. The van der Waals surface area contributed by atoms with Crippen LogP contribution in [0, 0.1) is 5.92 Å². The second-order valence-electron chi connectivity index (χ2n) is 3.48. The molecule has 70 valence electrons. The summed E-state index contributed by atoms with van der Waals surface area (Å²) in [6.45, 7) is 3.81. The molecule has 1 saturated heterocycles. The fourth-order valence-electron chi connectivity index (χ4n) is 1.58. The van der Waals surface area contributed by atoms with Crippen molar-refractivity contribution in [1.29, 1.82) is 0 Å². The zero-order valence-electron chi connectivity index (χ0n) is 7.53. The van der Waals surface area contributed by atoms with Gasteiger partial charge in [-0.15, -0.1) is 0 Å². The van der Waals surface area contributed by atoms with Crippen LogP contribution in [0.25, 0.3) is 0 Å². The molecule has 0 aromatic carbocycles. The lowest BCUT2D eigenvalue weighted by molar-refractivity contribution is 0.0776. The molecule has 13 heavy (non-hydrogen) atoms. The summed E-state index contributed by atoms with van der Waals surface area (Å²) in [5.41, 5.74) is 0. The zero-order chi connectivity index (χ0) is 9.26. The van der Waals surface area contributed by atoms with Crippen LogP contribution in [0.15, 0.2) is 6.33 Å². The minimum atomic E-state index is -0.0400. The number of hydrogen-bond donors (Lipinski definition) is 1. The van der Waals surface area contributed by atoms with Crippen LogP contribution in [0.2, 0.25) is 0 Å². The molecule has 0 aliphatic carbocycles. The van der Waals surface area contributed by atoms with Crippen molar-refractivity contribution in [2.24, 2.45) is 5.92 Å². The standard InChI is InChI=1S/C8H12N4O/c1-6-2-3-12(4-6)8(13)7-9-5-10-11-7/h5-6H,2-4H2,1H3,(H,9,10,11)/t6-/m1/s1. The van der Waals surface area contributed by atoms with Crippen LogP contribution >= 0.6 is 0 Å². The Bertz CT molecular complexity index is 295. The molecule has 0 unspecified atom stereocenters. The van der Waals surface area contributed by atoms with Gasteiger partial charge in [-0.25, -0.2) is 4.98 Å². The van der Waals surface area contributed by atoms with E-state index in [-0.39, 0.29) is 5.91 Å². The van der Waals surface area contributed by atoms with E-state index >= 15 is 0 Å². The molecule has 5 heteroatoms. The Hall–Kier alpha value is -1.39. The van der Waals surface area contributed by atoms with Gasteiger partial charge in [0.2, 0.25) is 5.82 Å². The highest BCUT2D eigenvalue weighted by molar-refractivity contribution is 5.90. The van der Waals surface area contributed by atoms with E-state index in [9.17, 15) is 4.79 Å². The van der Waals surface area contributed by atoms with Gasteiger partial charge in [-0.3, -0.25) is 9.89 Å². The van der Waals surface area contributed by atoms with E-state index in [2.05, 4.69) is 22.1 Å². The van der Waals surface area contributed by atoms with Gasteiger partial charge < -0.3 is 4.90 Å². The summed E-state index contributed by atoms with van der Waals surface area (Å²) in [6.07, 6.45) is 2.44. The fraction of sp³-hybridized carbons (Fsp3) is 0.625. The lowest BCUT2D eigenvalue weighted by atomic mass is 10.2. The third kappa shape index (κ3) is 1.54. The normalized spacial score (nSPS) is 22.2. The van der Waals surface area contributed by atoms with Crippen molar-refractivity contribution in [2.75, 3.05) is 13.1 Å². The van der Waals surface area contributed by atoms with Crippen LogP contribution in [0.5, 0.6) is 0 Å². The molecule has 1 aliphatic rings. The summed E-state index contributed by atoms with van der Waals surface area (Å²) in [5.74, 6) is 0.905. The summed E-state index contributed by atoms with van der Waals surface area (Å²) in [6, 6.07) is 0. The van der Waals surface area contributed by atoms with Crippen LogP contribution in [0.1, 0.15) is 24.0 Å². The Labute approximate surface area is 76.2 Å². The minimum Gasteiger partial charge on any atom is -0.336 e. The minimum absolute atomic E-state index is 0.0400. The van der Waals surface area contributed by atoms with E-state index in [4.69, 9.17) is 0 Å². The molecule has 1 atom stereocenters. The van der Waals surface area contributed by atoms with Crippen LogP contribution in [0.4, 0.5) is 0 Å². The van der Waals surface area contributed by atoms with Crippen molar-refractivity contribution in [1.82, 2.24) is 20.1 Å². The van der Waals surface area contributed by atoms with Gasteiger partial charge in [0, 0.05) is 13.1 Å². The van der Waals surface area contributed by atoms with Gasteiger partial charge in [0.05, 0.1) is 0 Å². The lowest BCUT2D eigenvalue weighted by Crippen LogP contribution is -2.29. The molecular formula is C8H12N4O. The summed E-state index contributed by atoms with van der Waals surface area (Å²) in [5, 5.41) is 6.23. The van der Waals surface area contributed by atoms with Gasteiger partial charge in [0.15, 0.2) is 0 Å². The van der Waals surface area contributed by atoms with Crippen LogP contribution < -0.4 is 0 Å². The van der Waals surface area contributed by atoms with E-state index in [0.717, 1.165) is 19.5 Å². The van der Waals surface area contributed by atoms with E-state index in [0.29, 0.717) is 11.7 Å². The second-order valence-corrected chi connectivity index (χ2v) is 3.48. The molecule has 0 spiro atoms. The number of carbonyl (C=O) groups excluding carboxylic acids is 1. The first kappa shape index (κ1) is 8.22. The van der Waals surface area contributed by atoms with Gasteiger partial charge in [-0.05, 0) is 12.3 Å². The largest absolute Gasteiger partial charge is 0.336 e. The number of amides is 1. The highest BCUT2D eigenvalue weighted by atomic mass is 16.2. The fourth-order valence-corrected chi connectivity index (χ4v) is 1.58. The van der Waals surface area contributed by atoms with E-state index in [1.165, 1.54) is 6.33 Å². The second kappa shape index (κ2) is 3.16. The van der Waals surface area contributed by atoms with Crippen LogP contribution in [0.3, 0.4) is 0 Å². The van der Waals surface area contributed by atoms with E-state index in [1.54, 1.807) is 0 Å². The smallest absolute Gasteiger partial charge is 0.291 e. The number of aromatic nitrogens is 3. The van der Waals surface area contributed by atoms with Crippen molar-refractivity contribution in [3.8, 4) is 0 Å². The summed E-state index contributed by atoms with van der Waals surface area (Å²) < 4.78 is 0. The highest BCUT2D eigenvalue weighted by Crippen LogP contribution is 2.16. The maximum absolute atomic E-state index is 11.6. The first-order valence-corrected chi connectivity index (χ1v) is 4.42. The molecule has 2 rings (SSSR count). The van der Waals surface area contributed by atoms with Gasteiger partial charge in [-0.1, -0.05) is 6.92 Å². The first-order chi connectivity index (χ1) is 6.27. The monoisotopic (exact) mass is 180 g/mol. The average Bonchev–Trinajstić information content (AvgIpc) is 2.72. The average molecular weight is 180 g/mol. The van der Waals surface area contributed by atoms with E-state index in [1.807, 2.05) is 4.90 Å². The molecule has 1 aromatic heterocycles. The van der Waals surface area contributed by atoms with Gasteiger partial charge in [0.1, 0.15) is 6.33 Å². The third-order valence-electron chi connectivity index (χ3n) is 2.33. The SMILES string of the molecule is C[C@@H]1CCN(C(=O)c2ncn[nH]2)C1. The molecule has 1 aromatic rings. The Balaban J connectivity index is 2.06. The zero-order valence-corrected chi connectivity index (χ0v) is 7.53. The van der Waals surface area contributed by atoms with Gasteiger partial charge in [-0.2, -0.15) is 5.10 Å². The number of nitrogens with zero attached hydrogens (tertiary/aromatic N) is 3. The van der Waals surface area contributed by atoms with Crippen LogP contribution in [-0.2, 0) is 0 Å². The molecule has 1 amide bonds. The number of nitrogens with one attached hydrogen (secondary N) is 1. The van der Waals surface area contributed by atoms with E-state index < -0.39 is 0 Å². The van der Waals surface area contributed by atoms with Crippen molar-refractivity contribution in [3.63, 3.8) is 0 Å². The van der Waals surface area contributed by atoms with Crippen LogP contribution in [-0.4, -0.2) is 39.1 Å². The molecule has 1 aliphatic heterocycles. The number of rotatable bonds is 1. The van der Waals surface area contributed by atoms with Crippen molar-refractivity contribution in [2.45, 2.75) is 13.3 Å². The molecule has 0 bridgehead atoms. The molecule has 1 fully saturated rings. The quantitative estimate of drug-likeness (QED) is 0.675. The Morgan fingerprint density at radius 1 is 1.77 bits per heavy atom. The molecule has 1 N–H and O–H groups in total.